The number of hydrogen-bond donors (Lipinski definition) is 2. The van der Waals surface area contributed by atoms with Gasteiger partial charge in [0.25, 0.3) is 0 Å². The van der Waals surface area contributed by atoms with Gasteiger partial charge in [-0.15, -0.1) is 0 Å². The van der Waals surface area contributed by atoms with Gasteiger partial charge in [0.2, 0.25) is 5.91 Å². The molecule has 0 spiro atoms. The molecule has 18 heavy (non-hydrogen) atoms. The summed E-state index contributed by atoms with van der Waals surface area (Å²) in [6.07, 6.45) is 2.31. The first-order valence-corrected chi connectivity index (χ1v) is 6.16. The molecule has 94 valence electrons. The summed E-state index contributed by atoms with van der Waals surface area (Å²) >= 11 is 0. The van der Waals surface area contributed by atoms with Crippen LogP contribution >= 0.6 is 0 Å². The van der Waals surface area contributed by atoms with Gasteiger partial charge in [-0.2, -0.15) is 5.10 Å². The van der Waals surface area contributed by atoms with E-state index in [0.29, 0.717) is 12.2 Å². The molecule has 4 heteroatoms. The predicted octanol–water partition coefficient (Wildman–Crippen LogP) is 2.54. The predicted molar refractivity (Wildman–Crippen MR) is 71.4 cm³/mol. The summed E-state index contributed by atoms with van der Waals surface area (Å²) in [4.78, 5) is 11.2. The number of H-pyrrole nitrogens is 1. The quantitative estimate of drug-likeness (QED) is 0.847. The summed E-state index contributed by atoms with van der Waals surface area (Å²) in [5, 5.41) is 9.73. The molecule has 0 fully saturated rings. The van der Waals surface area contributed by atoms with Gasteiger partial charge in [-0.05, 0) is 18.4 Å². The van der Waals surface area contributed by atoms with Crippen LogP contribution in [-0.2, 0) is 17.6 Å². The molecule has 0 aliphatic carbocycles. The second kappa shape index (κ2) is 6.00. The van der Waals surface area contributed by atoms with Gasteiger partial charge in [0, 0.05) is 18.2 Å². The molecule has 0 radical (unpaired) electrons. The number of aromatic amines is 1. The van der Waals surface area contributed by atoms with Gasteiger partial charge < -0.3 is 5.32 Å². The number of anilines is 1. The number of aromatic nitrogens is 2. The molecule has 1 heterocycles. The smallest absolute Gasteiger partial charge is 0.225 e. The minimum atomic E-state index is -0.0175. The third-order valence-corrected chi connectivity index (χ3v) is 2.75. The zero-order valence-corrected chi connectivity index (χ0v) is 10.4. The maximum Gasteiger partial charge on any atom is 0.225 e. The fourth-order valence-corrected chi connectivity index (χ4v) is 1.71. The number of aryl methyl sites for hydroxylation is 2. The van der Waals surface area contributed by atoms with Crippen molar-refractivity contribution < 1.29 is 4.79 Å². The van der Waals surface area contributed by atoms with Crippen molar-refractivity contribution >= 4 is 11.7 Å². The Labute approximate surface area is 106 Å². The Morgan fingerprint density at radius 3 is 2.78 bits per heavy atom. The van der Waals surface area contributed by atoms with Crippen LogP contribution < -0.4 is 5.32 Å². The molecular weight excluding hydrogens is 226 g/mol. The number of hydrogen-bond acceptors (Lipinski definition) is 2. The van der Waals surface area contributed by atoms with E-state index in [1.54, 1.807) is 0 Å². The second-order valence-corrected chi connectivity index (χ2v) is 4.17. The van der Waals surface area contributed by atoms with Gasteiger partial charge in [0.1, 0.15) is 0 Å². The zero-order valence-electron chi connectivity index (χ0n) is 10.4. The third-order valence-electron chi connectivity index (χ3n) is 2.75. The molecule has 1 aromatic heterocycles. The van der Waals surface area contributed by atoms with Crippen LogP contribution in [0, 0.1) is 0 Å². The molecule has 2 rings (SSSR count). The molecule has 1 aromatic carbocycles. The van der Waals surface area contributed by atoms with Crippen LogP contribution in [0.15, 0.2) is 36.4 Å². The number of carbonyl (C=O) groups excluding carboxylic acids is 1. The highest BCUT2D eigenvalue weighted by Crippen LogP contribution is 2.09. The third kappa shape index (κ3) is 3.45. The van der Waals surface area contributed by atoms with E-state index in [0.717, 1.165) is 18.5 Å². The Morgan fingerprint density at radius 2 is 2.06 bits per heavy atom. The van der Waals surface area contributed by atoms with Gasteiger partial charge >= 0.3 is 0 Å². The Morgan fingerprint density at radius 1 is 1.28 bits per heavy atom. The fourth-order valence-electron chi connectivity index (χ4n) is 1.71. The molecule has 0 saturated carbocycles. The summed E-state index contributed by atoms with van der Waals surface area (Å²) in [5.41, 5.74) is 2.33. The van der Waals surface area contributed by atoms with Crippen molar-refractivity contribution in [3.8, 4) is 0 Å². The van der Waals surface area contributed by atoms with E-state index in [1.165, 1.54) is 5.56 Å². The number of nitrogens with one attached hydrogen (secondary N) is 2. The van der Waals surface area contributed by atoms with Crippen molar-refractivity contribution in [1.29, 1.82) is 0 Å². The van der Waals surface area contributed by atoms with E-state index in [4.69, 9.17) is 0 Å². The van der Waals surface area contributed by atoms with E-state index in [9.17, 15) is 4.79 Å². The Bertz CT molecular complexity index is 505. The van der Waals surface area contributed by atoms with Gasteiger partial charge in [0.05, 0.1) is 0 Å². The zero-order chi connectivity index (χ0) is 12.8. The number of nitrogens with zero attached hydrogens (tertiary/aromatic N) is 1. The lowest BCUT2D eigenvalue weighted by Gasteiger charge is -1.98. The SMILES string of the molecule is CCC(=O)Nc1cc(CCc2ccccc2)[nH]n1. The van der Waals surface area contributed by atoms with Crippen LogP contribution in [0.2, 0.25) is 0 Å². The first-order chi connectivity index (χ1) is 8.78. The van der Waals surface area contributed by atoms with Crippen molar-refractivity contribution in [3.63, 3.8) is 0 Å². The maximum atomic E-state index is 11.2. The van der Waals surface area contributed by atoms with Gasteiger partial charge in [0.15, 0.2) is 5.82 Å². The Balaban J connectivity index is 1.89. The van der Waals surface area contributed by atoms with E-state index < -0.39 is 0 Å². The lowest BCUT2D eigenvalue weighted by molar-refractivity contribution is -0.115. The summed E-state index contributed by atoms with van der Waals surface area (Å²) in [6.45, 7) is 1.82. The Kier molecular flexibility index (Phi) is 4.12. The lowest BCUT2D eigenvalue weighted by Crippen LogP contribution is -2.09. The average Bonchev–Trinajstić information content (AvgIpc) is 2.85. The van der Waals surface area contributed by atoms with Crippen LogP contribution in [0.1, 0.15) is 24.6 Å². The van der Waals surface area contributed by atoms with Crippen molar-refractivity contribution in [2.45, 2.75) is 26.2 Å². The monoisotopic (exact) mass is 243 g/mol. The van der Waals surface area contributed by atoms with Crippen molar-refractivity contribution in [1.82, 2.24) is 10.2 Å². The van der Waals surface area contributed by atoms with E-state index in [-0.39, 0.29) is 5.91 Å². The minimum absolute atomic E-state index is 0.0175. The Hall–Kier alpha value is -2.10. The van der Waals surface area contributed by atoms with E-state index in [2.05, 4.69) is 27.6 Å². The number of benzene rings is 1. The molecule has 2 aromatic rings. The molecule has 0 aliphatic rings. The molecule has 0 aliphatic heterocycles. The van der Waals surface area contributed by atoms with Crippen molar-refractivity contribution in [2.24, 2.45) is 0 Å². The van der Waals surface area contributed by atoms with Crippen LogP contribution in [0.4, 0.5) is 5.82 Å². The van der Waals surface area contributed by atoms with Crippen molar-refractivity contribution in [2.75, 3.05) is 5.32 Å². The van der Waals surface area contributed by atoms with E-state index in [1.807, 2.05) is 31.2 Å². The molecule has 0 bridgehead atoms. The maximum absolute atomic E-state index is 11.2. The number of carbonyl (C=O) groups is 1. The first-order valence-electron chi connectivity index (χ1n) is 6.16. The average molecular weight is 243 g/mol. The molecular formula is C14H17N3O. The highest BCUT2D eigenvalue weighted by atomic mass is 16.1. The summed E-state index contributed by atoms with van der Waals surface area (Å²) in [7, 11) is 0. The number of amides is 1. The van der Waals surface area contributed by atoms with Crippen LogP contribution in [0.25, 0.3) is 0 Å². The van der Waals surface area contributed by atoms with Crippen molar-refractivity contribution in [3.05, 3.63) is 47.7 Å². The van der Waals surface area contributed by atoms with Gasteiger partial charge in [-0.1, -0.05) is 37.3 Å². The topological polar surface area (TPSA) is 57.8 Å². The molecule has 0 saturated heterocycles. The normalized spacial score (nSPS) is 10.3. The lowest BCUT2D eigenvalue weighted by atomic mass is 10.1. The molecule has 0 unspecified atom stereocenters. The van der Waals surface area contributed by atoms with Crippen LogP contribution in [0.3, 0.4) is 0 Å². The van der Waals surface area contributed by atoms with Crippen LogP contribution in [0.5, 0.6) is 0 Å². The first kappa shape index (κ1) is 12.4. The molecule has 1 amide bonds. The van der Waals surface area contributed by atoms with Gasteiger partial charge in [-0.3, -0.25) is 9.89 Å². The number of rotatable bonds is 5. The molecule has 0 atom stereocenters. The molecule has 4 nitrogen and oxygen atoms in total. The highest BCUT2D eigenvalue weighted by Gasteiger charge is 2.04. The largest absolute Gasteiger partial charge is 0.309 e. The summed E-state index contributed by atoms with van der Waals surface area (Å²) in [6, 6.07) is 12.2. The molecule has 2 N–H and O–H groups in total. The second-order valence-electron chi connectivity index (χ2n) is 4.17. The summed E-state index contributed by atoms with van der Waals surface area (Å²) in [5.74, 6) is 0.584. The standard InChI is InChI=1S/C14H17N3O/c1-2-14(18)15-13-10-12(16-17-13)9-8-11-6-4-3-5-7-11/h3-7,10H,2,8-9H2,1H3,(H2,15,16,17,18). The van der Waals surface area contributed by atoms with Crippen LogP contribution in [-0.4, -0.2) is 16.1 Å². The van der Waals surface area contributed by atoms with E-state index >= 15 is 0 Å². The van der Waals surface area contributed by atoms with Gasteiger partial charge in [-0.25, -0.2) is 0 Å². The summed E-state index contributed by atoms with van der Waals surface area (Å²) < 4.78 is 0. The highest BCUT2D eigenvalue weighted by molar-refractivity contribution is 5.89. The minimum Gasteiger partial charge on any atom is -0.309 e. The fraction of sp³-hybridized carbons (Fsp3) is 0.286.